The molecule has 0 bridgehead atoms. The van der Waals surface area contributed by atoms with Crippen LogP contribution in [0, 0.1) is 0 Å². The van der Waals surface area contributed by atoms with Gasteiger partial charge in [-0.1, -0.05) is 31.0 Å². The van der Waals surface area contributed by atoms with Gasteiger partial charge >= 0.3 is 0 Å². The number of amides is 3. The number of fused-ring (bicyclic) bond motifs is 1. The monoisotopic (exact) mass is 506 g/mol. The zero-order valence-corrected chi connectivity index (χ0v) is 20.2. The third kappa shape index (κ3) is 4.44. The predicted octanol–water partition coefficient (Wildman–Crippen LogP) is 3.34. The van der Waals surface area contributed by atoms with Crippen LogP contribution < -0.4 is 16.8 Å². The number of nitrogen functional groups attached to an aromatic ring is 1. The molecule has 1 fully saturated rings. The fraction of sp³-hybridized carbons (Fsp3) is 0.280. The summed E-state index contributed by atoms with van der Waals surface area (Å²) in [5.74, 6) is -1.19. The molecule has 1 saturated carbocycles. The Morgan fingerprint density at radius 1 is 1.19 bits per heavy atom. The lowest BCUT2D eigenvalue weighted by Crippen LogP contribution is -2.45. The lowest BCUT2D eigenvalue weighted by Gasteiger charge is -2.31. The van der Waals surface area contributed by atoms with E-state index in [1.54, 1.807) is 18.3 Å². The van der Waals surface area contributed by atoms with Gasteiger partial charge in [0.25, 0.3) is 11.8 Å². The van der Waals surface area contributed by atoms with Gasteiger partial charge < -0.3 is 31.1 Å². The maximum Gasteiger partial charge on any atom is 0.270 e. The van der Waals surface area contributed by atoms with Gasteiger partial charge in [0, 0.05) is 28.7 Å². The SMILES string of the molecule is NC(=O)c1nsc(C(=O)N(Cc2ccco2)[C@@H](C(=O)NC2CCCC2)c2c[nH]c3ccccc23)c1N. The highest BCUT2D eigenvalue weighted by molar-refractivity contribution is 7.09. The largest absolute Gasteiger partial charge is 0.467 e. The molecule has 36 heavy (non-hydrogen) atoms. The highest BCUT2D eigenvalue weighted by Gasteiger charge is 2.37. The molecule has 0 spiro atoms. The van der Waals surface area contributed by atoms with Crippen LogP contribution in [-0.2, 0) is 11.3 Å². The lowest BCUT2D eigenvalue weighted by molar-refractivity contribution is -0.126. The maximum absolute atomic E-state index is 14.0. The number of aromatic nitrogens is 2. The van der Waals surface area contributed by atoms with Crippen molar-refractivity contribution < 1.29 is 18.8 Å². The molecule has 3 aromatic heterocycles. The van der Waals surface area contributed by atoms with E-state index in [0.29, 0.717) is 11.3 Å². The molecule has 0 aliphatic heterocycles. The highest BCUT2D eigenvalue weighted by Crippen LogP contribution is 2.34. The first kappa shape index (κ1) is 23.6. The van der Waals surface area contributed by atoms with Crippen molar-refractivity contribution in [2.45, 2.75) is 44.3 Å². The van der Waals surface area contributed by atoms with Crippen LogP contribution in [0.3, 0.4) is 0 Å². The normalized spacial score (nSPS) is 14.7. The van der Waals surface area contributed by atoms with Crippen LogP contribution in [0.2, 0.25) is 0 Å². The van der Waals surface area contributed by atoms with E-state index in [-0.39, 0.29) is 34.8 Å². The van der Waals surface area contributed by atoms with Crippen LogP contribution in [0.25, 0.3) is 10.9 Å². The number of nitrogens with zero attached hydrogens (tertiary/aromatic N) is 2. The van der Waals surface area contributed by atoms with Crippen molar-refractivity contribution in [1.29, 1.82) is 0 Å². The standard InChI is InChI=1S/C25H26N6O4S/c26-19-20(23(27)32)30-36-22(19)25(34)31(13-15-8-5-11-35-15)21(24(33)29-14-6-1-2-7-14)17-12-28-18-10-4-3-9-16(17)18/h3-5,8-12,14,21,28H,1-2,6-7,13,26H2,(H2,27,32)(H,29,33)/t21-/m1/s1. The fourth-order valence-electron chi connectivity index (χ4n) is 4.73. The third-order valence-electron chi connectivity index (χ3n) is 6.50. The number of nitrogens with two attached hydrogens (primary N) is 2. The molecule has 4 aromatic rings. The average molecular weight is 507 g/mol. The van der Waals surface area contributed by atoms with Crippen molar-refractivity contribution in [3.63, 3.8) is 0 Å². The molecule has 0 unspecified atom stereocenters. The molecule has 1 atom stereocenters. The summed E-state index contributed by atoms with van der Waals surface area (Å²) in [6.07, 6.45) is 7.13. The number of aromatic amines is 1. The molecule has 0 saturated heterocycles. The second kappa shape index (κ2) is 9.86. The Bertz CT molecular complexity index is 1400. The summed E-state index contributed by atoms with van der Waals surface area (Å²) in [6.45, 7) is -0.00264. The minimum atomic E-state index is -1.00. The first-order valence-corrected chi connectivity index (χ1v) is 12.5. The number of H-pyrrole nitrogens is 1. The number of benzene rings is 1. The zero-order chi connectivity index (χ0) is 25.2. The summed E-state index contributed by atoms with van der Waals surface area (Å²) in [5, 5.41) is 3.96. The minimum absolute atomic E-state index is 0.00264. The van der Waals surface area contributed by atoms with E-state index in [4.69, 9.17) is 15.9 Å². The fourth-order valence-corrected chi connectivity index (χ4v) is 5.49. The van der Waals surface area contributed by atoms with Crippen molar-refractivity contribution in [3.05, 3.63) is 70.8 Å². The number of furan rings is 1. The van der Waals surface area contributed by atoms with Gasteiger partial charge in [-0.3, -0.25) is 14.4 Å². The summed E-state index contributed by atoms with van der Waals surface area (Å²) in [7, 11) is 0. The number of primary amides is 1. The van der Waals surface area contributed by atoms with Crippen molar-refractivity contribution in [2.24, 2.45) is 5.73 Å². The molecule has 3 heterocycles. The van der Waals surface area contributed by atoms with E-state index in [1.807, 2.05) is 24.3 Å². The van der Waals surface area contributed by atoms with Crippen LogP contribution in [0.15, 0.2) is 53.3 Å². The summed E-state index contributed by atoms with van der Waals surface area (Å²) in [6, 6.07) is 10.1. The van der Waals surface area contributed by atoms with E-state index in [9.17, 15) is 14.4 Å². The molecule has 0 radical (unpaired) electrons. The second-order valence-corrected chi connectivity index (χ2v) is 9.61. The number of anilines is 1. The van der Waals surface area contributed by atoms with E-state index < -0.39 is 17.9 Å². The quantitative estimate of drug-likeness (QED) is 0.287. The summed E-state index contributed by atoms with van der Waals surface area (Å²) in [5.41, 5.74) is 12.7. The Labute approximate surface area is 210 Å². The molecule has 1 aliphatic rings. The van der Waals surface area contributed by atoms with Crippen LogP contribution in [0.1, 0.15) is 63.2 Å². The van der Waals surface area contributed by atoms with Crippen LogP contribution in [0.4, 0.5) is 5.69 Å². The van der Waals surface area contributed by atoms with Gasteiger partial charge in [-0.2, -0.15) is 4.37 Å². The molecule has 5 rings (SSSR count). The Balaban J connectivity index is 1.62. The molecular formula is C25H26N6O4S. The number of carbonyl (C=O) groups is 3. The van der Waals surface area contributed by atoms with E-state index in [0.717, 1.165) is 48.1 Å². The number of carbonyl (C=O) groups excluding carboxylic acids is 3. The van der Waals surface area contributed by atoms with Gasteiger partial charge in [-0.25, -0.2) is 0 Å². The molecule has 6 N–H and O–H groups in total. The molecular weight excluding hydrogens is 480 g/mol. The number of hydrogen-bond acceptors (Lipinski definition) is 7. The molecule has 3 amide bonds. The Morgan fingerprint density at radius 3 is 2.67 bits per heavy atom. The summed E-state index contributed by atoms with van der Waals surface area (Å²) in [4.78, 5) is 44.2. The molecule has 1 aromatic carbocycles. The second-order valence-electron chi connectivity index (χ2n) is 8.83. The van der Waals surface area contributed by atoms with Crippen molar-refractivity contribution in [3.8, 4) is 0 Å². The van der Waals surface area contributed by atoms with Crippen molar-refractivity contribution in [1.82, 2.24) is 19.6 Å². The summed E-state index contributed by atoms with van der Waals surface area (Å²) >= 11 is 0.779. The van der Waals surface area contributed by atoms with Gasteiger partial charge in [-0.05, 0) is 42.6 Å². The van der Waals surface area contributed by atoms with Crippen molar-refractivity contribution >= 4 is 45.8 Å². The number of nitrogens with one attached hydrogen (secondary N) is 2. The van der Waals surface area contributed by atoms with E-state index >= 15 is 0 Å². The topological polar surface area (TPSA) is 160 Å². The van der Waals surface area contributed by atoms with Gasteiger partial charge in [-0.15, -0.1) is 0 Å². The van der Waals surface area contributed by atoms with Crippen molar-refractivity contribution in [2.75, 3.05) is 5.73 Å². The maximum atomic E-state index is 14.0. The Morgan fingerprint density at radius 2 is 1.97 bits per heavy atom. The minimum Gasteiger partial charge on any atom is -0.467 e. The Kier molecular flexibility index (Phi) is 6.47. The smallest absolute Gasteiger partial charge is 0.270 e. The van der Waals surface area contributed by atoms with Gasteiger partial charge in [0.05, 0.1) is 18.5 Å². The predicted molar refractivity (Wildman–Crippen MR) is 135 cm³/mol. The molecule has 1 aliphatic carbocycles. The van der Waals surface area contributed by atoms with Crippen LogP contribution in [0.5, 0.6) is 0 Å². The Hall–Kier alpha value is -4.12. The first-order valence-electron chi connectivity index (χ1n) is 11.7. The summed E-state index contributed by atoms with van der Waals surface area (Å²) < 4.78 is 9.52. The van der Waals surface area contributed by atoms with Gasteiger partial charge in [0.15, 0.2) is 5.69 Å². The zero-order valence-electron chi connectivity index (χ0n) is 19.4. The van der Waals surface area contributed by atoms with E-state index in [1.165, 1.54) is 11.2 Å². The lowest BCUT2D eigenvalue weighted by atomic mass is 10.0. The number of rotatable bonds is 8. The third-order valence-corrected chi connectivity index (χ3v) is 7.35. The van der Waals surface area contributed by atoms with Crippen LogP contribution in [-0.4, -0.2) is 38.0 Å². The number of para-hydroxylation sites is 1. The highest BCUT2D eigenvalue weighted by atomic mass is 32.1. The van der Waals surface area contributed by atoms with Gasteiger partial charge in [0.1, 0.15) is 16.7 Å². The molecule has 186 valence electrons. The molecule has 11 heteroatoms. The average Bonchev–Trinajstić information content (AvgIpc) is 3.66. The van der Waals surface area contributed by atoms with E-state index in [2.05, 4.69) is 14.7 Å². The van der Waals surface area contributed by atoms with Crippen LogP contribution >= 0.6 is 11.5 Å². The van der Waals surface area contributed by atoms with Gasteiger partial charge in [0.2, 0.25) is 5.91 Å². The number of hydrogen-bond donors (Lipinski definition) is 4. The molecule has 10 nitrogen and oxygen atoms in total. The first-order chi connectivity index (χ1) is 17.4.